The SMILES string of the molecule is CN(CCC#N)C(=O)CN1CCC(N2CCCCC2)C1. The van der Waals surface area contributed by atoms with Crippen LogP contribution in [0.3, 0.4) is 0 Å². The number of amides is 1. The number of rotatable bonds is 5. The molecule has 1 amide bonds. The molecule has 2 heterocycles. The van der Waals surface area contributed by atoms with E-state index in [4.69, 9.17) is 5.26 Å². The molecule has 0 aromatic heterocycles. The van der Waals surface area contributed by atoms with Crippen LogP contribution in [0.5, 0.6) is 0 Å². The van der Waals surface area contributed by atoms with E-state index < -0.39 is 0 Å². The molecule has 2 rings (SSSR count). The molecule has 0 bridgehead atoms. The number of nitriles is 1. The highest BCUT2D eigenvalue weighted by atomic mass is 16.2. The average molecular weight is 278 g/mol. The minimum absolute atomic E-state index is 0.138. The second kappa shape index (κ2) is 7.61. The smallest absolute Gasteiger partial charge is 0.236 e. The highest BCUT2D eigenvalue weighted by Crippen LogP contribution is 2.20. The Kier molecular flexibility index (Phi) is 5.81. The van der Waals surface area contributed by atoms with Crippen LogP contribution in [0.25, 0.3) is 0 Å². The first-order valence-corrected chi connectivity index (χ1v) is 7.78. The van der Waals surface area contributed by atoms with Crippen LogP contribution < -0.4 is 0 Å². The molecule has 20 heavy (non-hydrogen) atoms. The van der Waals surface area contributed by atoms with Crippen molar-refractivity contribution in [2.75, 3.05) is 46.3 Å². The monoisotopic (exact) mass is 278 g/mol. The number of hydrogen-bond acceptors (Lipinski definition) is 4. The summed E-state index contributed by atoms with van der Waals surface area (Å²) in [5, 5.41) is 8.56. The van der Waals surface area contributed by atoms with E-state index in [1.807, 2.05) is 0 Å². The number of nitrogens with zero attached hydrogens (tertiary/aromatic N) is 4. The summed E-state index contributed by atoms with van der Waals surface area (Å²) in [6, 6.07) is 2.73. The largest absolute Gasteiger partial charge is 0.344 e. The second-order valence-corrected chi connectivity index (χ2v) is 6.00. The summed E-state index contributed by atoms with van der Waals surface area (Å²) in [4.78, 5) is 18.6. The average Bonchev–Trinajstić information content (AvgIpc) is 2.94. The van der Waals surface area contributed by atoms with E-state index in [1.165, 1.54) is 38.8 Å². The quantitative estimate of drug-likeness (QED) is 0.750. The molecule has 0 radical (unpaired) electrons. The first-order valence-electron chi connectivity index (χ1n) is 7.78. The van der Waals surface area contributed by atoms with E-state index in [0.717, 1.165) is 13.1 Å². The summed E-state index contributed by atoms with van der Waals surface area (Å²) >= 11 is 0. The molecule has 5 nitrogen and oxygen atoms in total. The molecule has 2 aliphatic heterocycles. The molecule has 2 fully saturated rings. The third kappa shape index (κ3) is 4.19. The van der Waals surface area contributed by atoms with Gasteiger partial charge in [0.15, 0.2) is 0 Å². The molecular weight excluding hydrogens is 252 g/mol. The first-order chi connectivity index (χ1) is 9.70. The van der Waals surface area contributed by atoms with Gasteiger partial charge >= 0.3 is 0 Å². The Morgan fingerprint density at radius 2 is 2.05 bits per heavy atom. The minimum atomic E-state index is 0.138. The third-order valence-electron chi connectivity index (χ3n) is 4.50. The van der Waals surface area contributed by atoms with Crippen molar-refractivity contribution in [3.05, 3.63) is 0 Å². The van der Waals surface area contributed by atoms with Crippen LogP contribution in [0, 0.1) is 11.3 Å². The van der Waals surface area contributed by atoms with Crippen LogP contribution in [0.1, 0.15) is 32.1 Å². The Bertz CT molecular complexity index is 359. The van der Waals surface area contributed by atoms with Gasteiger partial charge in [-0.05, 0) is 32.4 Å². The summed E-state index contributed by atoms with van der Waals surface area (Å²) in [5.41, 5.74) is 0. The Morgan fingerprint density at radius 3 is 2.75 bits per heavy atom. The lowest BCUT2D eigenvalue weighted by molar-refractivity contribution is -0.130. The maximum absolute atomic E-state index is 12.0. The number of carbonyl (C=O) groups excluding carboxylic acids is 1. The van der Waals surface area contributed by atoms with Crippen molar-refractivity contribution in [3.8, 4) is 6.07 Å². The van der Waals surface area contributed by atoms with E-state index in [-0.39, 0.29) is 5.91 Å². The van der Waals surface area contributed by atoms with Gasteiger partial charge in [-0.1, -0.05) is 6.42 Å². The van der Waals surface area contributed by atoms with Crippen molar-refractivity contribution in [1.82, 2.24) is 14.7 Å². The Labute approximate surface area is 122 Å². The molecule has 0 spiro atoms. The van der Waals surface area contributed by atoms with E-state index in [1.54, 1.807) is 11.9 Å². The standard InChI is InChI=1S/C15H26N4O/c1-17(8-5-7-16)15(20)13-18-11-6-14(12-18)19-9-3-2-4-10-19/h14H,2-6,8-13H2,1H3. The molecule has 0 aromatic carbocycles. The van der Waals surface area contributed by atoms with Gasteiger partial charge in [-0.25, -0.2) is 0 Å². The van der Waals surface area contributed by atoms with Crippen molar-refractivity contribution < 1.29 is 4.79 Å². The van der Waals surface area contributed by atoms with Gasteiger partial charge in [0.05, 0.1) is 19.0 Å². The molecule has 5 heteroatoms. The van der Waals surface area contributed by atoms with Gasteiger partial charge in [0, 0.05) is 32.7 Å². The van der Waals surface area contributed by atoms with Crippen LogP contribution in [0.4, 0.5) is 0 Å². The summed E-state index contributed by atoms with van der Waals surface area (Å²) in [5.74, 6) is 0.138. The Hall–Kier alpha value is -1.12. The number of carbonyl (C=O) groups is 1. The minimum Gasteiger partial charge on any atom is -0.344 e. The van der Waals surface area contributed by atoms with Gasteiger partial charge in [-0.2, -0.15) is 5.26 Å². The maximum Gasteiger partial charge on any atom is 0.236 e. The van der Waals surface area contributed by atoms with E-state index >= 15 is 0 Å². The van der Waals surface area contributed by atoms with E-state index in [9.17, 15) is 4.79 Å². The van der Waals surface area contributed by atoms with Crippen molar-refractivity contribution in [2.24, 2.45) is 0 Å². The number of likely N-dealkylation sites (N-methyl/N-ethyl adjacent to an activating group) is 1. The molecule has 112 valence electrons. The molecule has 2 aliphatic rings. The topological polar surface area (TPSA) is 50.6 Å². The second-order valence-electron chi connectivity index (χ2n) is 6.00. The fourth-order valence-corrected chi connectivity index (χ4v) is 3.19. The van der Waals surface area contributed by atoms with E-state index in [0.29, 0.717) is 25.6 Å². The lowest BCUT2D eigenvalue weighted by Gasteiger charge is -2.32. The summed E-state index contributed by atoms with van der Waals surface area (Å²) in [7, 11) is 1.79. The van der Waals surface area contributed by atoms with Crippen molar-refractivity contribution in [3.63, 3.8) is 0 Å². The van der Waals surface area contributed by atoms with Crippen LogP contribution in [0.2, 0.25) is 0 Å². The van der Waals surface area contributed by atoms with Crippen LogP contribution in [-0.2, 0) is 4.79 Å². The molecule has 1 atom stereocenters. The van der Waals surface area contributed by atoms with Crippen LogP contribution >= 0.6 is 0 Å². The zero-order chi connectivity index (χ0) is 14.4. The van der Waals surface area contributed by atoms with Gasteiger partial charge in [0.1, 0.15) is 0 Å². The van der Waals surface area contributed by atoms with Crippen molar-refractivity contribution in [2.45, 2.75) is 38.1 Å². The summed E-state index contributed by atoms with van der Waals surface area (Å²) in [6.45, 7) is 5.56. The molecule has 0 aromatic rings. The number of likely N-dealkylation sites (tertiary alicyclic amines) is 2. The summed E-state index contributed by atoms with van der Waals surface area (Å²) in [6.07, 6.45) is 5.63. The van der Waals surface area contributed by atoms with Crippen molar-refractivity contribution in [1.29, 1.82) is 5.26 Å². The lowest BCUT2D eigenvalue weighted by Crippen LogP contribution is -2.42. The fraction of sp³-hybridized carbons (Fsp3) is 0.867. The number of hydrogen-bond donors (Lipinski definition) is 0. The normalized spacial score (nSPS) is 24.5. The molecule has 0 aliphatic carbocycles. The highest BCUT2D eigenvalue weighted by Gasteiger charge is 2.29. The van der Waals surface area contributed by atoms with Crippen molar-refractivity contribution >= 4 is 5.91 Å². The third-order valence-corrected chi connectivity index (χ3v) is 4.50. The van der Waals surface area contributed by atoms with Gasteiger partial charge in [-0.15, -0.1) is 0 Å². The summed E-state index contributed by atoms with van der Waals surface area (Å²) < 4.78 is 0. The molecular formula is C15H26N4O. The molecule has 2 saturated heterocycles. The molecule has 0 N–H and O–H groups in total. The van der Waals surface area contributed by atoms with Gasteiger partial charge in [-0.3, -0.25) is 14.6 Å². The zero-order valence-corrected chi connectivity index (χ0v) is 12.6. The predicted octanol–water partition coefficient (Wildman–Crippen LogP) is 0.919. The first kappa shape index (κ1) is 15.3. The predicted molar refractivity (Wildman–Crippen MR) is 78.1 cm³/mol. The maximum atomic E-state index is 12.0. The van der Waals surface area contributed by atoms with Crippen LogP contribution in [0.15, 0.2) is 0 Å². The highest BCUT2D eigenvalue weighted by molar-refractivity contribution is 5.78. The van der Waals surface area contributed by atoms with Gasteiger partial charge in [0.2, 0.25) is 5.91 Å². The Balaban J connectivity index is 1.72. The lowest BCUT2D eigenvalue weighted by atomic mass is 10.1. The zero-order valence-electron chi connectivity index (χ0n) is 12.6. The molecule has 1 unspecified atom stereocenters. The Morgan fingerprint density at radius 1 is 1.30 bits per heavy atom. The fourth-order valence-electron chi connectivity index (χ4n) is 3.19. The van der Waals surface area contributed by atoms with Crippen LogP contribution in [-0.4, -0.2) is 73.0 Å². The van der Waals surface area contributed by atoms with Gasteiger partial charge < -0.3 is 4.90 Å². The molecule has 0 saturated carbocycles. The number of piperidine rings is 1. The van der Waals surface area contributed by atoms with E-state index in [2.05, 4.69) is 15.9 Å². The van der Waals surface area contributed by atoms with Gasteiger partial charge in [0.25, 0.3) is 0 Å².